The van der Waals surface area contributed by atoms with Crippen LogP contribution in [0.1, 0.15) is 142 Å². The molecule has 176 valence electrons. The molecule has 0 amide bonds. The third kappa shape index (κ3) is 24.2. The van der Waals surface area contributed by atoms with Gasteiger partial charge in [-0.15, -0.1) is 0 Å². The Labute approximate surface area is 230 Å². The molecule has 0 aromatic rings. The van der Waals surface area contributed by atoms with E-state index in [1.54, 1.807) is 0 Å². The first-order valence-corrected chi connectivity index (χ1v) is 14.0. The van der Waals surface area contributed by atoms with Crippen LogP contribution in [0.25, 0.3) is 0 Å². The standard InChI is InChI=1S/C24H50O4S.K/c1-2-3-4-5-6-7-8-9-10-11-12-13-14-15-18-21-24(29(26,27)28)22-19-16-17-20-23-25;/h24-25H,2-23H2,1H3,(H,26,27,28);/q;+1/p-1. The Hall–Kier alpha value is 1.51. The zero-order chi connectivity index (χ0) is 21.6. The van der Waals surface area contributed by atoms with Gasteiger partial charge in [0, 0.05) is 11.9 Å². The van der Waals surface area contributed by atoms with E-state index in [9.17, 15) is 13.0 Å². The van der Waals surface area contributed by atoms with E-state index in [1.165, 1.54) is 77.0 Å². The fraction of sp³-hybridized carbons (Fsp3) is 1.00. The SMILES string of the molecule is CCCCCCCCCCCCCCCCCC(CCCCCCO)S(=O)(=O)[O-].[K+]. The van der Waals surface area contributed by atoms with Crippen molar-refractivity contribution >= 4 is 10.1 Å². The second kappa shape index (κ2) is 25.1. The number of unbranched alkanes of at least 4 members (excludes halogenated alkanes) is 17. The molecule has 1 atom stereocenters. The molecule has 0 spiro atoms. The van der Waals surface area contributed by atoms with E-state index < -0.39 is 15.4 Å². The van der Waals surface area contributed by atoms with Gasteiger partial charge in [-0.3, -0.25) is 0 Å². The minimum Gasteiger partial charge on any atom is -0.748 e. The molecule has 0 aromatic heterocycles. The van der Waals surface area contributed by atoms with E-state index in [1.807, 2.05) is 0 Å². The number of hydrogen-bond acceptors (Lipinski definition) is 4. The normalized spacial score (nSPS) is 12.6. The van der Waals surface area contributed by atoms with Gasteiger partial charge in [0.15, 0.2) is 0 Å². The summed E-state index contributed by atoms with van der Waals surface area (Å²) in [6.07, 6.45) is 23.6. The molecule has 0 aliphatic rings. The Morgan fingerprint density at radius 2 is 0.900 bits per heavy atom. The van der Waals surface area contributed by atoms with Crippen LogP contribution >= 0.6 is 0 Å². The maximum Gasteiger partial charge on any atom is 1.00 e. The van der Waals surface area contributed by atoms with Gasteiger partial charge in [-0.05, 0) is 19.3 Å². The molecule has 6 heteroatoms. The first kappa shape index (κ1) is 33.7. The van der Waals surface area contributed by atoms with Crippen molar-refractivity contribution < 1.29 is 69.5 Å². The molecule has 30 heavy (non-hydrogen) atoms. The molecule has 0 radical (unpaired) electrons. The molecule has 0 aliphatic carbocycles. The molecule has 0 rings (SSSR count). The van der Waals surface area contributed by atoms with E-state index in [-0.39, 0.29) is 58.0 Å². The third-order valence-electron chi connectivity index (χ3n) is 5.97. The molecule has 0 aliphatic heterocycles. The molecule has 0 saturated carbocycles. The van der Waals surface area contributed by atoms with Crippen molar-refractivity contribution in [1.82, 2.24) is 0 Å². The van der Waals surface area contributed by atoms with Gasteiger partial charge in [-0.1, -0.05) is 122 Å². The van der Waals surface area contributed by atoms with Gasteiger partial charge < -0.3 is 9.66 Å². The number of aliphatic hydroxyl groups is 1. The van der Waals surface area contributed by atoms with Crippen LogP contribution in [-0.2, 0) is 10.1 Å². The smallest absolute Gasteiger partial charge is 0.748 e. The molecule has 0 bridgehead atoms. The Bertz CT molecular complexity index is 429. The van der Waals surface area contributed by atoms with E-state index in [0.29, 0.717) is 12.8 Å². The van der Waals surface area contributed by atoms with Gasteiger partial charge in [0.05, 0.1) is 10.1 Å². The monoisotopic (exact) mass is 472 g/mol. The average Bonchev–Trinajstić information content (AvgIpc) is 2.68. The Balaban J connectivity index is 0. The van der Waals surface area contributed by atoms with Crippen LogP contribution in [0.3, 0.4) is 0 Å². The molecule has 4 nitrogen and oxygen atoms in total. The average molecular weight is 473 g/mol. The van der Waals surface area contributed by atoms with Crippen LogP contribution in [0.2, 0.25) is 0 Å². The van der Waals surface area contributed by atoms with E-state index in [4.69, 9.17) is 5.11 Å². The first-order chi connectivity index (χ1) is 14.0. The fourth-order valence-electron chi connectivity index (χ4n) is 4.01. The largest absolute Gasteiger partial charge is 1.00 e. The zero-order valence-electron chi connectivity index (χ0n) is 20.2. The van der Waals surface area contributed by atoms with Crippen molar-refractivity contribution in [3.63, 3.8) is 0 Å². The van der Waals surface area contributed by atoms with Gasteiger partial charge in [0.2, 0.25) is 0 Å². The van der Waals surface area contributed by atoms with Crippen LogP contribution in [-0.4, -0.2) is 29.9 Å². The first-order valence-electron chi connectivity index (χ1n) is 12.6. The molecular formula is C24H49KO4S. The second-order valence-electron chi connectivity index (χ2n) is 8.78. The summed E-state index contributed by atoms with van der Waals surface area (Å²) in [7, 11) is -4.18. The summed E-state index contributed by atoms with van der Waals surface area (Å²) < 4.78 is 34.3. The molecular weight excluding hydrogens is 423 g/mol. The van der Waals surface area contributed by atoms with Gasteiger partial charge in [0.25, 0.3) is 0 Å². The topological polar surface area (TPSA) is 77.4 Å². The van der Waals surface area contributed by atoms with Gasteiger partial charge in [-0.2, -0.15) is 0 Å². The van der Waals surface area contributed by atoms with E-state index in [2.05, 4.69) is 6.92 Å². The maximum atomic E-state index is 11.4. The summed E-state index contributed by atoms with van der Waals surface area (Å²) >= 11 is 0. The Kier molecular flexibility index (Phi) is 28.2. The summed E-state index contributed by atoms with van der Waals surface area (Å²) in [4.78, 5) is 0. The van der Waals surface area contributed by atoms with Crippen LogP contribution in [0.5, 0.6) is 0 Å². The van der Waals surface area contributed by atoms with Crippen LogP contribution in [0.4, 0.5) is 0 Å². The van der Waals surface area contributed by atoms with Crippen molar-refractivity contribution in [3.8, 4) is 0 Å². The van der Waals surface area contributed by atoms with E-state index >= 15 is 0 Å². The van der Waals surface area contributed by atoms with Gasteiger partial charge in [0.1, 0.15) is 0 Å². The Morgan fingerprint density at radius 3 is 1.20 bits per heavy atom. The third-order valence-corrected chi connectivity index (χ3v) is 7.26. The number of rotatable bonds is 23. The molecule has 0 fully saturated rings. The maximum absolute atomic E-state index is 11.4. The van der Waals surface area contributed by atoms with Gasteiger partial charge >= 0.3 is 51.4 Å². The molecule has 1 unspecified atom stereocenters. The second-order valence-corrected chi connectivity index (χ2v) is 10.4. The predicted molar refractivity (Wildman–Crippen MR) is 123 cm³/mol. The number of hydrogen-bond donors (Lipinski definition) is 1. The van der Waals surface area contributed by atoms with E-state index in [0.717, 1.165) is 44.9 Å². The summed E-state index contributed by atoms with van der Waals surface area (Å²) in [6, 6.07) is 0. The summed E-state index contributed by atoms with van der Waals surface area (Å²) in [5.41, 5.74) is 0. The number of aliphatic hydroxyl groups excluding tert-OH is 1. The molecule has 1 N–H and O–H groups in total. The zero-order valence-corrected chi connectivity index (χ0v) is 24.2. The summed E-state index contributed by atoms with van der Waals surface area (Å²) in [6.45, 7) is 2.44. The summed E-state index contributed by atoms with van der Waals surface area (Å²) in [5.74, 6) is 0. The molecule has 0 aromatic carbocycles. The van der Waals surface area contributed by atoms with Crippen LogP contribution in [0.15, 0.2) is 0 Å². The van der Waals surface area contributed by atoms with Crippen molar-refractivity contribution in [2.45, 2.75) is 147 Å². The molecule has 0 saturated heterocycles. The van der Waals surface area contributed by atoms with Crippen LogP contribution < -0.4 is 51.4 Å². The van der Waals surface area contributed by atoms with Crippen molar-refractivity contribution in [2.24, 2.45) is 0 Å². The minimum atomic E-state index is -4.18. The van der Waals surface area contributed by atoms with Crippen molar-refractivity contribution in [1.29, 1.82) is 0 Å². The van der Waals surface area contributed by atoms with Gasteiger partial charge in [-0.25, -0.2) is 8.42 Å². The van der Waals surface area contributed by atoms with Crippen molar-refractivity contribution in [2.75, 3.05) is 6.61 Å². The molecule has 0 heterocycles. The summed E-state index contributed by atoms with van der Waals surface area (Å²) in [5, 5.41) is 8.05. The predicted octanol–water partition coefficient (Wildman–Crippen LogP) is 4.11. The fourth-order valence-corrected chi connectivity index (χ4v) is 4.92. The Morgan fingerprint density at radius 1 is 0.600 bits per heavy atom. The quantitative estimate of drug-likeness (QED) is 0.138. The van der Waals surface area contributed by atoms with Crippen molar-refractivity contribution in [3.05, 3.63) is 0 Å². The van der Waals surface area contributed by atoms with Crippen LogP contribution in [0, 0.1) is 0 Å². The minimum absolute atomic E-state index is 0.